The van der Waals surface area contributed by atoms with Gasteiger partial charge >= 0.3 is 5.97 Å². The lowest BCUT2D eigenvalue weighted by Gasteiger charge is -2.17. The second kappa shape index (κ2) is 6.77. The summed E-state index contributed by atoms with van der Waals surface area (Å²) in [6.45, 7) is 4.73. The second-order valence-electron chi connectivity index (χ2n) is 7.03. The fraction of sp³-hybridized carbons (Fsp3) is 0.368. The molecule has 4 rings (SSSR count). The van der Waals surface area contributed by atoms with Crippen molar-refractivity contribution < 1.29 is 14.7 Å². The maximum absolute atomic E-state index is 13.2. The highest BCUT2D eigenvalue weighted by molar-refractivity contribution is 7.13. The van der Waals surface area contributed by atoms with Crippen molar-refractivity contribution in [2.24, 2.45) is 5.92 Å². The minimum Gasteiger partial charge on any atom is -0.481 e. The fourth-order valence-corrected chi connectivity index (χ4v) is 4.13. The SMILES string of the molecule is CC(C)n1ncc2c(C(=O)N3CCC(C(=O)O)C3)cc(-c3cccs3)nc21. The summed E-state index contributed by atoms with van der Waals surface area (Å²) in [6, 6.07) is 5.83. The number of aromatic nitrogens is 3. The van der Waals surface area contributed by atoms with Crippen LogP contribution in [0.2, 0.25) is 0 Å². The number of pyridine rings is 1. The van der Waals surface area contributed by atoms with Crippen molar-refractivity contribution >= 4 is 34.2 Å². The molecule has 1 N–H and O–H groups in total. The fourth-order valence-electron chi connectivity index (χ4n) is 3.44. The Morgan fingerprint density at radius 1 is 1.37 bits per heavy atom. The summed E-state index contributed by atoms with van der Waals surface area (Å²) >= 11 is 1.56. The second-order valence-corrected chi connectivity index (χ2v) is 7.98. The molecule has 1 atom stereocenters. The first-order chi connectivity index (χ1) is 13.0. The topological polar surface area (TPSA) is 88.3 Å². The van der Waals surface area contributed by atoms with E-state index in [0.29, 0.717) is 29.6 Å². The van der Waals surface area contributed by atoms with Gasteiger partial charge in [-0.2, -0.15) is 5.10 Å². The number of nitrogens with zero attached hydrogens (tertiary/aromatic N) is 4. The molecule has 0 aromatic carbocycles. The predicted octanol–water partition coefficient (Wildman–Crippen LogP) is 3.29. The van der Waals surface area contributed by atoms with Crippen LogP contribution in [0.5, 0.6) is 0 Å². The molecule has 8 heteroatoms. The van der Waals surface area contributed by atoms with Crippen LogP contribution in [-0.4, -0.2) is 49.7 Å². The van der Waals surface area contributed by atoms with E-state index in [-0.39, 0.29) is 18.5 Å². The Bertz CT molecular complexity index is 1010. The summed E-state index contributed by atoms with van der Waals surface area (Å²) in [5.41, 5.74) is 1.94. The molecular weight excluding hydrogens is 364 g/mol. The number of carboxylic acid groups (broad SMARTS) is 1. The number of hydrogen-bond acceptors (Lipinski definition) is 5. The number of thiophene rings is 1. The molecular formula is C19H20N4O3S. The number of hydrogen-bond donors (Lipinski definition) is 1. The molecule has 1 amide bonds. The highest BCUT2D eigenvalue weighted by atomic mass is 32.1. The minimum absolute atomic E-state index is 0.111. The molecule has 1 aliphatic heterocycles. The van der Waals surface area contributed by atoms with E-state index in [1.54, 1.807) is 28.5 Å². The molecule has 1 fully saturated rings. The number of fused-ring (bicyclic) bond motifs is 1. The molecule has 3 aromatic heterocycles. The van der Waals surface area contributed by atoms with E-state index in [0.717, 1.165) is 10.6 Å². The summed E-state index contributed by atoms with van der Waals surface area (Å²) in [6.07, 6.45) is 2.16. The Kier molecular flexibility index (Phi) is 4.43. The van der Waals surface area contributed by atoms with Crippen molar-refractivity contribution in [3.05, 3.63) is 35.3 Å². The summed E-state index contributed by atoms with van der Waals surface area (Å²) < 4.78 is 1.81. The van der Waals surface area contributed by atoms with Crippen molar-refractivity contribution in [3.63, 3.8) is 0 Å². The lowest BCUT2D eigenvalue weighted by Crippen LogP contribution is -2.30. The molecule has 3 aromatic rings. The van der Waals surface area contributed by atoms with Crippen LogP contribution in [0.25, 0.3) is 21.6 Å². The Labute approximate surface area is 160 Å². The third-order valence-electron chi connectivity index (χ3n) is 4.88. The van der Waals surface area contributed by atoms with Crippen molar-refractivity contribution in [1.29, 1.82) is 0 Å². The van der Waals surface area contributed by atoms with Gasteiger partial charge in [-0.25, -0.2) is 9.67 Å². The largest absolute Gasteiger partial charge is 0.481 e. The summed E-state index contributed by atoms with van der Waals surface area (Å²) in [5.74, 6) is -1.51. The van der Waals surface area contributed by atoms with Gasteiger partial charge in [-0.3, -0.25) is 9.59 Å². The Balaban J connectivity index is 1.81. The van der Waals surface area contributed by atoms with Gasteiger partial charge in [-0.1, -0.05) is 6.07 Å². The first kappa shape index (κ1) is 17.7. The maximum atomic E-state index is 13.2. The van der Waals surface area contributed by atoms with Crippen molar-refractivity contribution in [3.8, 4) is 10.6 Å². The number of rotatable bonds is 4. The van der Waals surface area contributed by atoms with E-state index in [9.17, 15) is 14.7 Å². The van der Waals surface area contributed by atoms with Gasteiger partial charge in [0.25, 0.3) is 5.91 Å². The van der Waals surface area contributed by atoms with Crippen LogP contribution in [0.15, 0.2) is 29.8 Å². The maximum Gasteiger partial charge on any atom is 0.308 e. The molecule has 1 aliphatic rings. The van der Waals surface area contributed by atoms with E-state index >= 15 is 0 Å². The van der Waals surface area contributed by atoms with E-state index in [4.69, 9.17) is 4.98 Å². The first-order valence-electron chi connectivity index (χ1n) is 8.90. The molecule has 1 unspecified atom stereocenters. The summed E-state index contributed by atoms with van der Waals surface area (Å²) in [7, 11) is 0. The van der Waals surface area contributed by atoms with Crippen LogP contribution < -0.4 is 0 Å². The highest BCUT2D eigenvalue weighted by Gasteiger charge is 2.32. The third kappa shape index (κ3) is 3.10. The Hall–Kier alpha value is -2.74. The quantitative estimate of drug-likeness (QED) is 0.746. The molecule has 0 spiro atoms. The monoisotopic (exact) mass is 384 g/mol. The van der Waals surface area contributed by atoms with Gasteiger partial charge in [-0.05, 0) is 37.8 Å². The highest BCUT2D eigenvalue weighted by Crippen LogP contribution is 2.30. The average Bonchev–Trinajstić information content (AvgIpc) is 3.39. The van der Waals surface area contributed by atoms with Gasteiger partial charge in [0.15, 0.2) is 5.65 Å². The molecule has 27 heavy (non-hydrogen) atoms. The standard InChI is InChI=1S/C19H20N4O3S/c1-11(2)23-17-14(9-20-23)13(8-15(21-17)16-4-3-7-27-16)18(24)22-6-5-12(10-22)19(25)26/h3-4,7-9,11-12H,5-6,10H2,1-2H3,(H,25,26). The van der Waals surface area contributed by atoms with Gasteiger partial charge in [0, 0.05) is 19.1 Å². The van der Waals surface area contributed by atoms with Gasteiger partial charge in [-0.15, -0.1) is 11.3 Å². The number of carbonyl (C=O) groups excluding carboxylic acids is 1. The van der Waals surface area contributed by atoms with Gasteiger partial charge in [0.05, 0.1) is 33.6 Å². The third-order valence-corrected chi connectivity index (χ3v) is 5.78. The van der Waals surface area contributed by atoms with E-state index in [2.05, 4.69) is 5.10 Å². The lowest BCUT2D eigenvalue weighted by molar-refractivity contribution is -0.141. The van der Waals surface area contributed by atoms with Gasteiger partial charge < -0.3 is 10.0 Å². The zero-order chi connectivity index (χ0) is 19.1. The van der Waals surface area contributed by atoms with Gasteiger partial charge in [0.1, 0.15) is 0 Å². The number of carbonyl (C=O) groups is 2. The number of likely N-dealkylation sites (tertiary alicyclic amines) is 1. The molecule has 0 aliphatic carbocycles. The van der Waals surface area contributed by atoms with Crippen LogP contribution >= 0.6 is 11.3 Å². The zero-order valence-electron chi connectivity index (χ0n) is 15.1. The molecule has 140 valence electrons. The van der Waals surface area contributed by atoms with E-state index in [1.165, 1.54) is 0 Å². The number of aliphatic carboxylic acids is 1. The van der Waals surface area contributed by atoms with Crippen molar-refractivity contribution in [1.82, 2.24) is 19.7 Å². The molecule has 0 saturated carbocycles. The van der Waals surface area contributed by atoms with E-state index in [1.807, 2.05) is 36.0 Å². The predicted molar refractivity (Wildman–Crippen MR) is 103 cm³/mol. The average molecular weight is 384 g/mol. The smallest absolute Gasteiger partial charge is 0.308 e. The summed E-state index contributed by atoms with van der Waals surface area (Å²) in [4.78, 5) is 31.8. The van der Waals surface area contributed by atoms with Crippen LogP contribution in [0, 0.1) is 5.92 Å². The summed E-state index contributed by atoms with van der Waals surface area (Å²) in [5, 5.41) is 16.3. The molecule has 1 saturated heterocycles. The molecule has 0 bridgehead atoms. The van der Waals surface area contributed by atoms with Gasteiger partial charge in [0.2, 0.25) is 0 Å². The first-order valence-corrected chi connectivity index (χ1v) is 9.78. The van der Waals surface area contributed by atoms with Crippen molar-refractivity contribution in [2.75, 3.05) is 13.1 Å². The number of amides is 1. The van der Waals surface area contributed by atoms with Crippen LogP contribution in [-0.2, 0) is 4.79 Å². The molecule has 0 radical (unpaired) electrons. The Morgan fingerprint density at radius 3 is 2.81 bits per heavy atom. The zero-order valence-corrected chi connectivity index (χ0v) is 15.9. The van der Waals surface area contributed by atoms with Crippen LogP contribution in [0.3, 0.4) is 0 Å². The lowest BCUT2D eigenvalue weighted by atomic mass is 10.1. The van der Waals surface area contributed by atoms with E-state index < -0.39 is 11.9 Å². The minimum atomic E-state index is -0.850. The van der Waals surface area contributed by atoms with Crippen LogP contribution in [0.4, 0.5) is 0 Å². The molecule has 4 heterocycles. The molecule has 7 nitrogen and oxygen atoms in total. The normalized spacial score (nSPS) is 17.1. The van der Waals surface area contributed by atoms with Crippen molar-refractivity contribution in [2.45, 2.75) is 26.3 Å². The Morgan fingerprint density at radius 2 is 2.19 bits per heavy atom. The number of carboxylic acids is 1. The van der Waals surface area contributed by atoms with Crippen LogP contribution in [0.1, 0.15) is 36.7 Å².